The minimum absolute atomic E-state index is 0.0522. The Bertz CT molecular complexity index is 2050. The molecule has 66 heavy (non-hydrogen) atoms. The minimum Gasteiger partial charge on any atom is -0.481 e. The van der Waals surface area contributed by atoms with Crippen LogP contribution in [0.3, 0.4) is 0 Å². The Balaban J connectivity index is 1.56. The number of ether oxygens (including phenoxy) is 2. The Morgan fingerprint density at radius 1 is 0.833 bits per heavy atom. The Kier molecular flexibility index (Phi) is 19.4. The molecule has 20 heteroatoms. The lowest BCUT2D eigenvalue weighted by atomic mass is 9.98. The Hall–Kier alpha value is -6.57. The summed E-state index contributed by atoms with van der Waals surface area (Å²) in [6, 6.07) is 10.3. The molecular formula is C46H63N7O13. The molecule has 0 bridgehead atoms. The lowest BCUT2D eigenvalue weighted by Gasteiger charge is -2.33. The largest absolute Gasteiger partial charge is 0.481 e. The number of carboxylic acid groups (broad SMARTS) is 2. The van der Waals surface area contributed by atoms with Gasteiger partial charge in [-0.2, -0.15) is 0 Å². The normalized spacial score (nSPS) is 18.7. The van der Waals surface area contributed by atoms with E-state index in [-0.39, 0.29) is 38.6 Å². The lowest BCUT2D eigenvalue weighted by molar-refractivity contribution is -0.164. The molecule has 20 nitrogen and oxygen atoms in total. The van der Waals surface area contributed by atoms with Gasteiger partial charge in [0.25, 0.3) is 11.8 Å². The van der Waals surface area contributed by atoms with Gasteiger partial charge in [0, 0.05) is 32.4 Å². The number of carbonyl (C=O) groups is 9. The molecule has 1 heterocycles. The van der Waals surface area contributed by atoms with E-state index in [0.29, 0.717) is 12.8 Å². The topological polar surface area (TPSA) is 279 Å². The van der Waals surface area contributed by atoms with Crippen molar-refractivity contribution in [2.45, 2.75) is 136 Å². The summed E-state index contributed by atoms with van der Waals surface area (Å²) >= 11 is 0. The van der Waals surface area contributed by atoms with E-state index in [2.05, 4.69) is 26.7 Å². The van der Waals surface area contributed by atoms with Gasteiger partial charge in [0.2, 0.25) is 17.7 Å². The minimum atomic E-state index is -1.91. The highest BCUT2D eigenvalue weighted by Crippen LogP contribution is 2.31. The van der Waals surface area contributed by atoms with Crippen LogP contribution in [-0.2, 0) is 60.9 Å². The number of benzene rings is 2. The van der Waals surface area contributed by atoms with Crippen LogP contribution in [0.1, 0.15) is 103 Å². The number of aliphatic carboxylic acids is 2. The predicted molar refractivity (Wildman–Crippen MR) is 236 cm³/mol. The maximum Gasteiger partial charge on any atom is 0.336 e. The molecular weight excluding hydrogens is 859 g/mol. The van der Waals surface area contributed by atoms with E-state index < -0.39 is 115 Å². The molecule has 8 atom stereocenters. The maximum atomic E-state index is 14.7. The molecule has 1 aliphatic carbocycles. The van der Waals surface area contributed by atoms with Crippen LogP contribution < -0.4 is 26.7 Å². The van der Waals surface area contributed by atoms with Crippen LogP contribution >= 0.6 is 0 Å². The van der Waals surface area contributed by atoms with Crippen molar-refractivity contribution in [3.8, 4) is 0 Å². The summed E-state index contributed by atoms with van der Waals surface area (Å²) in [7, 11) is 0. The molecule has 1 fully saturated rings. The molecule has 0 saturated carbocycles. The summed E-state index contributed by atoms with van der Waals surface area (Å²) in [6.07, 6.45) is -1.86. The first-order chi connectivity index (χ1) is 31.3. The molecule has 4 rings (SSSR count). The molecule has 1 saturated heterocycles. The van der Waals surface area contributed by atoms with E-state index in [1.54, 1.807) is 27.7 Å². The number of amides is 7. The first-order valence-electron chi connectivity index (χ1n) is 22.3. The molecule has 360 valence electrons. The monoisotopic (exact) mass is 921 g/mol. The van der Waals surface area contributed by atoms with Gasteiger partial charge in [0.15, 0.2) is 6.10 Å². The summed E-state index contributed by atoms with van der Waals surface area (Å²) in [6.45, 7) is 9.78. The SMILES string of the molecule is CCCN(NC(=O)[C@H]1C[C@@H](OCc2ccccc2)CN1C(=O)[C@@H](NC(=O)[C@@H](OC(=O)[C@@H](CC(=O)O)NC(=O)[C@H](CC(=O)O)NC(C)=O)[C@H](C)CC)C(C)C)C(=O)NC1CCc2ccccc21. The van der Waals surface area contributed by atoms with Crippen molar-refractivity contribution >= 4 is 53.5 Å². The van der Waals surface area contributed by atoms with Crippen molar-refractivity contribution in [3.63, 3.8) is 0 Å². The van der Waals surface area contributed by atoms with Gasteiger partial charge >= 0.3 is 23.9 Å². The van der Waals surface area contributed by atoms with Crippen molar-refractivity contribution in [1.29, 1.82) is 0 Å². The van der Waals surface area contributed by atoms with Crippen LogP contribution in [0, 0.1) is 11.8 Å². The number of nitrogens with one attached hydrogen (secondary N) is 5. The zero-order chi connectivity index (χ0) is 48.7. The van der Waals surface area contributed by atoms with Gasteiger partial charge in [-0.3, -0.25) is 39.0 Å². The number of urea groups is 1. The van der Waals surface area contributed by atoms with Gasteiger partial charge in [-0.05, 0) is 48.3 Å². The van der Waals surface area contributed by atoms with E-state index >= 15 is 0 Å². The molecule has 0 aromatic heterocycles. The average molecular weight is 922 g/mol. The van der Waals surface area contributed by atoms with Gasteiger partial charge in [-0.25, -0.2) is 14.6 Å². The zero-order valence-corrected chi connectivity index (χ0v) is 38.2. The first-order valence-corrected chi connectivity index (χ1v) is 22.3. The fourth-order valence-corrected chi connectivity index (χ4v) is 7.82. The Labute approximate surface area is 383 Å². The number of aryl methyl sites for hydroxylation is 1. The van der Waals surface area contributed by atoms with Crippen LogP contribution in [0.4, 0.5) is 4.79 Å². The summed E-state index contributed by atoms with van der Waals surface area (Å²) in [4.78, 5) is 120. The van der Waals surface area contributed by atoms with E-state index in [9.17, 15) is 53.4 Å². The number of rotatable bonds is 22. The predicted octanol–water partition coefficient (Wildman–Crippen LogP) is 2.35. The molecule has 1 unspecified atom stereocenters. The second kappa shape index (κ2) is 24.6. The number of carboxylic acids is 2. The number of nitrogens with zero attached hydrogens (tertiary/aromatic N) is 2. The third kappa shape index (κ3) is 14.7. The van der Waals surface area contributed by atoms with Gasteiger partial charge in [0.05, 0.1) is 31.6 Å². The van der Waals surface area contributed by atoms with Crippen LogP contribution in [0.2, 0.25) is 0 Å². The number of carbonyl (C=O) groups excluding carboxylic acids is 7. The molecule has 1 aliphatic heterocycles. The second-order valence-corrected chi connectivity index (χ2v) is 17.0. The maximum absolute atomic E-state index is 14.7. The number of hydrogen-bond donors (Lipinski definition) is 7. The molecule has 7 amide bonds. The third-order valence-corrected chi connectivity index (χ3v) is 11.5. The molecule has 7 N–H and O–H groups in total. The highest BCUT2D eigenvalue weighted by atomic mass is 16.6. The summed E-state index contributed by atoms with van der Waals surface area (Å²) in [5, 5.41) is 30.0. The number of likely N-dealkylation sites (tertiary alicyclic amines) is 1. The quantitative estimate of drug-likeness (QED) is 0.0661. The van der Waals surface area contributed by atoms with Crippen LogP contribution in [-0.4, -0.2) is 123 Å². The van der Waals surface area contributed by atoms with Gasteiger partial charge in [0.1, 0.15) is 24.2 Å². The van der Waals surface area contributed by atoms with Crippen molar-refractivity contribution in [3.05, 3.63) is 71.3 Å². The molecule has 0 radical (unpaired) electrons. The number of hydrazine groups is 1. The second-order valence-electron chi connectivity index (χ2n) is 17.0. The summed E-state index contributed by atoms with van der Waals surface area (Å²) in [5.41, 5.74) is 5.73. The van der Waals surface area contributed by atoms with E-state index in [4.69, 9.17) is 9.47 Å². The number of hydrogen-bond acceptors (Lipinski definition) is 11. The number of esters is 1. The van der Waals surface area contributed by atoms with E-state index in [0.717, 1.165) is 30.0 Å². The standard InChI is InChI=1S/C46H63N7O13/c1-7-20-53(46(64)49-33-19-18-30-16-12-13-17-32(30)33)51-42(60)36-21-31(65-25-29-14-10-9-11-15-29)24-52(36)44(62)39(26(3)4)50-43(61)40(27(5)8-2)66-45(63)35(23-38(57)58)48-41(59)34(22-37(55)56)47-28(6)54/h9-17,26-27,31,33-36,39-40H,7-8,18-25H2,1-6H3,(H,47,54)(H,48,59)(H,49,64)(H,50,61)(H,51,60)(H,55,56)(H,57,58)/t27-,31-,33?,34+,35-,36-,39+,40+/m1/s1. The zero-order valence-electron chi connectivity index (χ0n) is 38.2. The van der Waals surface area contributed by atoms with Crippen LogP contribution in [0.25, 0.3) is 0 Å². The smallest absolute Gasteiger partial charge is 0.336 e. The Morgan fingerprint density at radius 2 is 1.48 bits per heavy atom. The average Bonchev–Trinajstić information content (AvgIpc) is 3.89. The highest BCUT2D eigenvalue weighted by Gasteiger charge is 2.45. The van der Waals surface area contributed by atoms with Crippen molar-refractivity contribution in [1.82, 2.24) is 36.6 Å². The third-order valence-electron chi connectivity index (χ3n) is 11.5. The molecule has 2 aromatic rings. The highest BCUT2D eigenvalue weighted by molar-refractivity contribution is 5.96. The molecule has 0 spiro atoms. The fourth-order valence-electron chi connectivity index (χ4n) is 7.82. The number of fused-ring (bicyclic) bond motifs is 1. The van der Waals surface area contributed by atoms with Crippen molar-refractivity contribution in [2.24, 2.45) is 11.8 Å². The van der Waals surface area contributed by atoms with E-state index in [1.165, 1.54) is 9.91 Å². The van der Waals surface area contributed by atoms with E-state index in [1.807, 2.05) is 61.5 Å². The fraction of sp³-hybridized carbons (Fsp3) is 0.543. The van der Waals surface area contributed by atoms with Crippen molar-refractivity contribution < 1.29 is 62.8 Å². The van der Waals surface area contributed by atoms with Crippen LogP contribution in [0.5, 0.6) is 0 Å². The van der Waals surface area contributed by atoms with Gasteiger partial charge in [-0.1, -0.05) is 89.2 Å². The van der Waals surface area contributed by atoms with Gasteiger partial charge < -0.3 is 45.9 Å². The van der Waals surface area contributed by atoms with Crippen molar-refractivity contribution in [2.75, 3.05) is 13.1 Å². The Morgan fingerprint density at radius 3 is 2.11 bits per heavy atom. The lowest BCUT2D eigenvalue weighted by Crippen LogP contribution is -2.60. The van der Waals surface area contributed by atoms with Gasteiger partial charge in [-0.15, -0.1) is 0 Å². The van der Waals surface area contributed by atoms with Crippen LogP contribution in [0.15, 0.2) is 54.6 Å². The molecule has 2 aliphatic rings. The summed E-state index contributed by atoms with van der Waals surface area (Å²) < 4.78 is 11.8. The first kappa shape index (κ1) is 52.1. The summed E-state index contributed by atoms with van der Waals surface area (Å²) in [5.74, 6) is -9.86. The molecule has 2 aromatic carbocycles.